The fourth-order valence-corrected chi connectivity index (χ4v) is 4.34. The standard InChI is InChI=1S/C28H23BrN2O3/c1-2-3-15-33-20-8-4-7-18(16-20)27(32)30-19-13-14-26-25(17-19)31-28(34-26)23-11-5-10-22-21(23)9-6-12-24(22)29/h4-14,16-17H,2-3,15H2,1H3,(H,30,32). The first-order valence-corrected chi connectivity index (χ1v) is 12.0. The van der Waals surface area contributed by atoms with Gasteiger partial charge in [0.1, 0.15) is 11.3 Å². The first-order valence-electron chi connectivity index (χ1n) is 11.2. The summed E-state index contributed by atoms with van der Waals surface area (Å²) in [7, 11) is 0. The molecule has 0 unspecified atom stereocenters. The highest BCUT2D eigenvalue weighted by molar-refractivity contribution is 9.10. The van der Waals surface area contributed by atoms with E-state index in [-0.39, 0.29) is 5.91 Å². The molecule has 4 aromatic carbocycles. The lowest BCUT2D eigenvalue weighted by molar-refractivity contribution is 0.102. The molecule has 1 aromatic heterocycles. The SMILES string of the molecule is CCCCOc1cccc(C(=O)Nc2ccc3oc(-c4cccc5c(Br)cccc45)nc3c2)c1. The molecule has 1 N–H and O–H groups in total. The molecule has 6 heteroatoms. The first-order chi connectivity index (χ1) is 16.6. The van der Waals surface area contributed by atoms with Crippen molar-refractivity contribution in [2.24, 2.45) is 0 Å². The largest absolute Gasteiger partial charge is 0.494 e. The van der Waals surface area contributed by atoms with Crippen molar-refractivity contribution in [3.63, 3.8) is 0 Å². The molecule has 0 aliphatic carbocycles. The van der Waals surface area contributed by atoms with Crippen LogP contribution in [0.5, 0.6) is 5.75 Å². The third-order valence-corrected chi connectivity index (χ3v) is 6.30. The van der Waals surface area contributed by atoms with Gasteiger partial charge in [-0.05, 0) is 65.7 Å². The number of ether oxygens (including phenoxy) is 1. The fraction of sp³-hybridized carbons (Fsp3) is 0.143. The van der Waals surface area contributed by atoms with Gasteiger partial charge in [0.15, 0.2) is 5.58 Å². The predicted molar refractivity (Wildman–Crippen MR) is 139 cm³/mol. The maximum absolute atomic E-state index is 12.8. The summed E-state index contributed by atoms with van der Waals surface area (Å²) in [6, 6.07) is 24.8. The number of amides is 1. The minimum absolute atomic E-state index is 0.206. The summed E-state index contributed by atoms with van der Waals surface area (Å²) in [6.45, 7) is 2.75. The highest BCUT2D eigenvalue weighted by atomic mass is 79.9. The van der Waals surface area contributed by atoms with Crippen LogP contribution in [0.1, 0.15) is 30.1 Å². The van der Waals surface area contributed by atoms with Crippen LogP contribution in [0.25, 0.3) is 33.3 Å². The van der Waals surface area contributed by atoms with Crippen LogP contribution in [0.2, 0.25) is 0 Å². The topological polar surface area (TPSA) is 64.4 Å². The normalized spacial score (nSPS) is 11.1. The number of fused-ring (bicyclic) bond motifs is 2. The van der Waals surface area contributed by atoms with Gasteiger partial charge in [0.25, 0.3) is 5.91 Å². The van der Waals surface area contributed by atoms with Gasteiger partial charge in [-0.2, -0.15) is 0 Å². The Morgan fingerprint density at radius 3 is 2.71 bits per heavy atom. The van der Waals surface area contributed by atoms with Crippen LogP contribution >= 0.6 is 15.9 Å². The second kappa shape index (κ2) is 9.69. The number of rotatable bonds is 7. The van der Waals surface area contributed by atoms with Gasteiger partial charge in [-0.25, -0.2) is 4.98 Å². The Balaban J connectivity index is 1.39. The molecule has 1 heterocycles. The molecule has 0 bridgehead atoms. The summed E-state index contributed by atoms with van der Waals surface area (Å²) in [5, 5.41) is 5.10. The summed E-state index contributed by atoms with van der Waals surface area (Å²) in [6.07, 6.45) is 2.04. The van der Waals surface area contributed by atoms with E-state index in [1.54, 1.807) is 12.1 Å². The molecule has 0 saturated heterocycles. The van der Waals surface area contributed by atoms with Crippen LogP contribution < -0.4 is 10.1 Å². The molecule has 1 amide bonds. The van der Waals surface area contributed by atoms with Crippen molar-refractivity contribution in [3.05, 3.63) is 88.9 Å². The van der Waals surface area contributed by atoms with Gasteiger partial charge in [0.2, 0.25) is 5.89 Å². The smallest absolute Gasteiger partial charge is 0.255 e. The van der Waals surface area contributed by atoms with Crippen molar-refractivity contribution < 1.29 is 13.9 Å². The van der Waals surface area contributed by atoms with Gasteiger partial charge in [-0.15, -0.1) is 0 Å². The molecule has 0 saturated carbocycles. The number of halogens is 1. The van der Waals surface area contributed by atoms with Crippen molar-refractivity contribution >= 4 is 49.4 Å². The zero-order valence-corrected chi connectivity index (χ0v) is 20.3. The molecule has 170 valence electrons. The average molecular weight is 515 g/mol. The van der Waals surface area contributed by atoms with E-state index in [1.165, 1.54) is 0 Å². The molecular formula is C28H23BrN2O3. The van der Waals surface area contributed by atoms with Crippen molar-refractivity contribution in [1.29, 1.82) is 0 Å². The Kier molecular flexibility index (Phi) is 6.32. The number of nitrogens with zero attached hydrogens (tertiary/aromatic N) is 1. The first kappa shape index (κ1) is 22.2. The number of hydrogen-bond donors (Lipinski definition) is 1. The van der Waals surface area contributed by atoms with Gasteiger partial charge in [0, 0.05) is 21.3 Å². The Morgan fingerprint density at radius 1 is 1.00 bits per heavy atom. The Bertz CT molecular complexity index is 1490. The molecule has 0 fully saturated rings. The van der Waals surface area contributed by atoms with Gasteiger partial charge in [0.05, 0.1) is 6.61 Å². The predicted octanol–water partition coefficient (Wildman–Crippen LogP) is 7.84. The van der Waals surface area contributed by atoms with E-state index < -0.39 is 0 Å². The van der Waals surface area contributed by atoms with Crippen LogP contribution in [0, 0.1) is 0 Å². The van der Waals surface area contributed by atoms with E-state index in [2.05, 4.69) is 40.3 Å². The molecule has 5 aromatic rings. The molecule has 34 heavy (non-hydrogen) atoms. The lowest BCUT2D eigenvalue weighted by Gasteiger charge is -2.08. The van der Waals surface area contributed by atoms with Crippen molar-refractivity contribution in [3.8, 4) is 17.2 Å². The van der Waals surface area contributed by atoms with Crippen molar-refractivity contribution in [2.45, 2.75) is 19.8 Å². The summed E-state index contributed by atoms with van der Waals surface area (Å²) in [5.41, 5.74) is 3.44. The Labute approximate surface area is 205 Å². The lowest BCUT2D eigenvalue weighted by atomic mass is 10.0. The molecule has 0 atom stereocenters. The maximum Gasteiger partial charge on any atom is 0.255 e. The second-order valence-corrected chi connectivity index (χ2v) is 8.88. The molecule has 5 nitrogen and oxygen atoms in total. The summed E-state index contributed by atoms with van der Waals surface area (Å²) >= 11 is 3.61. The number of nitrogens with one attached hydrogen (secondary N) is 1. The van der Waals surface area contributed by atoms with E-state index in [1.807, 2.05) is 54.6 Å². The van der Waals surface area contributed by atoms with Crippen LogP contribution in [-0.2, 0) is 0 Å². The van der Waals surface area contributed by atoms with E-state index in [0.29, 0.717) is 40.6 Å². The van der Waals surface area contributed by atoms with Crippen molar-refractivity contribution in [2.75, 3.05) is 11.9 Å². The number of carbonyl (C=O) groups is 1. The van der Waals surface area contributed by atoms with Gasteiger partial charge in [-0.1, -0.05) is 59.6 Å². The maximum atomic E-state index is 12.8. The monoisotopic (exact) mass is 514 g/mol. The number of hydrogen-bond acceptors (Lipinski definition) is 4. The number of carbonyl (C=O) groups excluding carboxylic acids is 1. The highest BCUT2D eigenvalue weighted by Gasteiger charge is 2.14. The molecule has 0 aliphatic rings. The highest BCUT2D eigenvalue weighted by Crippen LogP contribution is 2.34. The van der Waals surface area contributed by atoms with Crippen LogP contribution in [0.3, 0.4) is 0 Å². The fourth-order valence-electron chi connectivity index (χ4n) is 3.84. The van der Waals surface area contributed by atoms with Gasteiger partial charge in [-0.3, -0.25) is 4.79 Å². The van der Waals surface area contributed by atoms with Crippen molar-refractivity contribution in [1.82, 2.24) is 4.98 Å². The summed E-state index contributed by atoms with van der Waals surface area (Å²) in [5.74, 6) is 1.03. The van der Waals surface area contributed by atoms with E-state index >= 15 is 0 Å². The van der Waals surface area contributed by atoms with Crippen LogP contribution in [0.4, 0.5) is 5.69 Å². The summed E-state index contributed by atoms with van der Waals surface area (Å²) in [4.78, 5) is 17.5. The van der Waals surface area contributed by atoms with Crippen LogP contribution in [-0.4, -0.2) is 17.5 Å². The zero-order valence-electron chi connectivity index (χ0n) is 18.7. The van der Waals surface area contributed by atoms with Gasteiger partial charge >= 0.3 is 0 Å². The molecule has 0 aliphatic heterocycles. The molecule has 0 radical (unpaired) electrons. The summed E-state index contributed by atoms with van der Waals surface area (Å²) < 4.78 is 12.8. The van der Waals surface area contributed by atoms with E-state index in [9.17, 15) is 4.79 Å². The van der Waals surface area contributed by atoms with Crippen LogP contribution in [0.15, 0.2) is 87.8 Å². The number of anilines is 1. The molecular weight excluding hydrogens is 492 g/mol. The second-order valence-electron chi connectivity index (χ2n) is 8.03. The van der Waals surface area contributed by atoms with E-state index in [4.69, 9.17) is 14.1 Å². The lowest BCUT2D eigenvalue weighted by Crippen LogP contribution is -2.12. The number of oxazole rings is 1. The quantitative estimate of drug-likeness (QED) is 0.224. The molecule has 5 rings (SSSR count). The average Bonchev–Trinajstić information content (AvgIpc) is 3.28. The number of aromatic nitrogens is 1. The Morgan fingerprint density at radius 2 is 1.82 bits per heavy atom. The van der Waals surface area contributed by atoms with E-state index in [0.717, 1.165) is 33.7 Å². The third kappa shape index (κ3) is 4.54. The molecule has 0 spiro atoms. The number of unbranched alkanes of at least 4 members (excludes halogenated alkanes) is 1. The number of benzene rings is 4. The van der Waals surface area contributed by atoms with Gasteiger partial charge < -0.3 is 14.5 Å². The zero-order chi connectivity index (χ0) is 23.5. The Hall–Kier alpha value is -3.64. The minimum atomic E-state index is -0.206. The minimum Gasteiger partial charge on any atom is -0.494 e. The third-order valence-electron chi connectivity index (χ3n) is 5.61.